The number of anilines is 1. The van der Waals surface area contributed by atoms with Crippen molar-refractivity contribution in [1.82, 2.24) is 0 Å². The molecule has 1 N–H and O–H groups in total. The van der Waals surface area contributed by atoms with E-state index in [1.165, 1.54) is 46.5 Å². The fourth-order valence-electron chi connectivity index (χ4n) is 2.70. The highest BCUT2D eigenvalue weighted by molar-refractivity contribution is 5.97. The summed E-state index contributed by atoms with van der Waals surface area (Å²) in [5.74, 6) is 0.185. The first kappa shape index (κ1) is 23.5. The van der Waals surface area contributed by atoms with Crippen molar-refractivity contribution in [1.29, 1.82) is 0 Å². The van der Waals surface area contributed by atoms with Crippen molar-refractivity contribution in [3.05, 3.63) is 52.1 Å². The number of ether oxygens (including phenoxy) is 4. The van der Waals surface area contributed by atoms with Crippen LogP contribution in [0.5, 0.6) is 17.2 Å². The Morgan fingerprint density at radius 1 is 1.00 bits per heavy atom. The second-order valence-electron chi connectivity index (χ2n) is 6.48. The topological polar surface area (TPSA) is 126 Å². The molecule has 1 amide bonds. The first-order chi connectivity index (χ1) is 14.8. The maximum absolute atomic E-state index is 12.3. The van der Waals surface area contributed by atoms with Crippen molar-refractivity contribution in [2.24, 2.45) is 0 Å². The molecule has 0 radical (unpaired) electrons. The molecular formula is C21H24N2O8. The largest absolute Gasteiger partial charge is 0.497 e. The van der Waals surface area contributed by atoms with Crippen LogP contribution in [0.4, 0.5) is 11.4 Å². The zero-order valence-electron chi connectivity index (χ0n) is 17.7. The van der Waals surface area contributed by atoms with Gasteiger partial charge in [0, 0.05) is 12.5 Å². The molecule has 0 fully saturated rings. The van der Waals surface area contributed by atoms with E-state index in [0.717, 1.165) is 5.56 Å². The van der Waals surface area contributed by atoms with Gasteiger partial charge in [0.2, 0.25) is 0 Å². The van der Waals surface area contributed by atoms with Crippen LogP contribution in [-0.4, -0.2) is 44.2 Å². The zero-order chi connectivity index (χ0) is 23.0. The van der Waals surface area contributed by atoms with Crippen LogP contribution in [0, 0.1) is 10.1 Å². The third kappa shape index (κ3) is 6.59. The lowest BCUT2D eigenvalue weighted by Gasteiger charge is -2.14. The quantitative estimate of drug-likeness (QED) is 0.345. The Morgan fingerprint density at radius 3 is 2.16 bits per heavy atom. The third-order valence-electron chi connectivity index (χ3n) is 4.37. The van der Waals surface area contributed by atoms with Crippen molar-refractivity contribution in [2.45, 2.75) is 25.9 Å². The Morgan fingerprint density at radius 2 is 1.61 bits per heavy atom. The number of nitro benzene ring substituents is 1. The average molecular weight is 432 g/mol. The van der Waals surface area contributed by atoms with Crippen molar-refractivity contribution >= 4 is 23.3 Å². The summed E-state index contributed by atoms with van der Waals surface area (Å²) in [7, 11) is 4.43. The minimum absolute atomic E-state index is 0.0244. The van der Waals surface area contributed by atoms with Crippen LogP contribution in [0.2, 0.25) is 0 Å². The minimum atomic E-state index is -1.14. The number of hydrogen-bond donors (Lipinski definition) is 1. The molecule has 31 heavy (non-hydrogen) atoms. The molecule has 0 spiro atoms. The maximum Gasteiger partial charge on any atom is 0.306 e. The molecule has 2 aromatic rings. The zero-order valence-corrected chi connectivity index (χ0v) is 17.7. The summed E-state index contributed by atoms with van der Waals surface area (Å²) >= 11 is 0. The summed E-state index contributed by atoms with van der Waals surface area (Å²) in [5.41, 5.74) is 0.444. The summed E-state index contributed by atoms with van der Waals surface area (Å²) in [4.78, 5) is 35.1. The fraction of sp³-hybridized carbons (Fsp3) is 0.333. The molecule has 0 aliphatic carbocycles. The smallest absolute Gasteiger partial charge is 0.306 e. The number of carbonyl (C=O) groups excluding carboxylic acids is 2. The lowest BCUT2D eigenvalue weighted by molar-refractivity contribution is -0.384. The van der Waals surface area contributed by atoms with Crippen LogP contribution >= 0.6 is 0 Å². The lowest BCUT2D eigenvalue weighted by atomic mass is 10.1. The van der Waals surface area contributed by atoms with Crippen LogP contribution in [-0.2, 0) is 20.7 Å². The molecule has 0 saturated carbocycles. The van der Waals surface area contributed by atoms with E-state index in [1.54, 1.807) is 18.2 Å². The SMILES string of the molecule is COc1cc(CCC(=O)OC(C)C(=O)Nc2ccc(OC)cc2[N+](=O)[O-])cc(OC)c1. The number of methoxy groups -OCH3 is 3. The lowest BCUT2D eigenvalue weighted by Crippen LogP contribution is -2.30. The summed E-state index contributed by atoms with van der Waals surface area (Å²) < 4.78 is 20.5. The van der Waals surface area contributed by atoms with Crippen molar-refractivity contribution in [3.63, 3.8) is 0 Å². The van der Waals surface area contributed by atoms with Gasteiger partial charge in [0.25, 0.3) is 11.6 Å². The van der Waals surface area contributed by atoms with Gasteiger partial charge in [-0.25, -0.2) is 0 Å². The van der Waals surface area contributed by atoms with E-state index in [4.69, 9.17) is 18.9 Å². The Bertz CT molecular complexity index is 938. The first-order valence-electron chi connectivity index (χ1n) is 9.32. The number of nitrogens with one attached hydrogen (secondary N) is 1. The molecule has 0 bridgehead atoms. The molecule has 10 heteroatoms. The summed E-state index contributed by atoms with van der Waals surface area (Å²) in [6, 6.07) is 9.27. The number of rotatable bonds is 10. The number of aryl methyl sites for hydroxylation is 1. The van der Waals surface area contributed by atoms with Crippen LogP contribution in [0.3, 0.4) is 0 Å². The molecule has 0 heterocycles. The highest BCUT2D eigenvalue weighted by Gasteiger charge is 2.22. The van der Waals surface area contributed by atoms with Crippen LogP contribution in [0.25, 0.3) is 0 Å². The van der Waals surface area contributed by atoms with E-state index in [-0.39, 0.29) is 23.5 Å². The number of benzene rings is 2. The van der Waals surface area contributed by atoms with Crippen molar-refractivity contribution in [2.75, 3.05) is 26.6 Å². The molecule has 0 aromatic heterocycles. The van der Waals surface area contributed by atoms with E-state index < -0.39 is 22.9 Å². The van der Waals surface area contributed by atoms with Gasteiger partial charge >= 0.3 is 5.97 Å². The molecular weight excluding hydrogens is 408 g/mol. The number of nitro groups is 1. The average Bonchev–Trinajstić information content (AvgIpc) is 2.77. The van der Waals surface area contributed by atoms with Gasteiger partial charge < -0.3 is 24.3 Å². The summed E-state index contributed by atoms with van der Waals surface area (Å²) in [5, 5.41) is 13.6. The summed E-state index contributed by atoms with van der Waals surface area (Å²) in [6.45, 7) is 1.39. The number of esters is 1. The van der Waals surface area contributed by atoms with Gasteiger partial charge in [-0.2, -0.15) is 0 Å². The van der Waals surface area contributed by atoms with Gasteiger partial charge in [0.05, 0.1) is 32.3 Å². The molecule has 10 nitrogen and oxygen atoms in total. The molecule has 1 atom stereocenters. The minimum Gasteiger partial charge on any atom is -0.497 e. The third-order valence-corrected chi connectivity index (χ3v) is 4.37. The highest BCUT2D eigenvalue weighted by atomic mass is 16.6. The molecule has 0 saturated heterocycles. The molecule has 2 aromatic carbocycles. The van der Waals surface area contributed by atoms with E-state index in [9.17, 15) is 19.7 Å². The molecule has 0 aliphatic rings. The van der Waals surface area contributed by atoms with Gasteiger partial charge in [0.15, 0.2) is 6.10 Å². The van der Waals surface area contributed by atoms with Crippen LogP contribution < -0.4 is 19.5 Å². The van der Waals surface area contributed by atoms with E-state index in [1.807, 2.05) is 0 Å². The van der Waals surface area contributed by atoms with Crippen LogP contribution in [0.15, 0.2) is 36.4 Å². The second-order valence-corrected chi connectivity index (χ2v) is 6.48. The van der Waals surface area contributed by atoms with Gasteiger partial charge in [-0.05, 0) is 43.2 Å². The number of amides is 1. The molecule has 0 aliphatic heterocycles. The standard InChI is InChI=1S/C21H24N2O8/c1-13(21(25)22-18-7-6-15(28-2)12-19(18)23(26)27)31-20(24)8-5-14-9-16(29-3)11-17(10-14)30-4/h6-7,9-13H,5,8H2,1-4H3,(H,22,25). The summed E-state index contributed by atoms with van der Waals surface area (Å²) in [6.07, 6.45) is -0.768. The Labute approximate surface area is 179 Å². The molecule has 166 valence electrons. The van der Waals surface area contributed by atoms with Gasteiger partial charge in [0.1, 0.15) is 22.9 Å². The number of nitrogens with zero attached hydrogens (tertiary/aromatic N) is 1. The Kier molecular flexibility index (Phi) is 8.18. The molecule has 2 rings (SSSR count). The highest BCUT2D eigenvalue weighted by Crippen LogP contribution is 2.29. The predicted octanol–water partition coefficient (Wildman–Crippen LogP) is 3.12. The van der Waals surface area contributed by atoms with Gasteiger partial charge in [-0.3, -0.25) is 19.7 Å². The van der Waals surface area contributed by atoms with Gasteiger partial charge in [-0.1, -0.05) is 0 Å². The van der Waals surface area contributed by atoms with E-state index in [0.29, 0.717) is 17.9 Å². The molecule has 1 unspecified atom stereocenters. The van der Waals surface area contributed by atoms with Crippen molar-refractivity contribution < 1.29 is 33.5 Å². The monoisotopic (exact) mass is 432 g/mol. The maximum atomic E-state index is 12.3. The first-order valence-corrected chi connectivity index (χ1v) is 9.32. The van der Waals surface area contributed by atoms with E-state index in [2.05, 4.69) is 5.32 Å². The van der Waals surface area contributed by atoms with Crippen molar-refractivity contribution in [3.8, 4) is 17.2 Å². The number of carbonyl (C=O) groups is 2. The predicted molar refractivity (Wildman–Crippen MR) is 112 cm³/mol. The normalized spacial score (nSPS) is 11.2. The Hall–Kier alpha value is -3.82. The second kappa shape index (κ2) is 10.8. The Balaban J connectivity index is 1.96. The fourth-order valence-corrected chi connectivity index (χ4v) is 2.70. The van der Waals surface area contributed by atoms with Gasteiger partial charge in [-0.15, -0.1) is 0 Å². The van der Waals surface area contributed by atoms with E-state index >= 15 is 0 Å². The van der Waals surface area contributed by atoms with Crippen LogP contribution in [0.1, 0.15) is 18.9 Å². The number of hydrogen-bond acceptors (Lipinski definition) is 8.